The van der Waals surface area contributed by atoms with E-state index in [4.69, 9.17) is 10.5 Å². The highest BCUT2D eigenvalue weighted by molar-refractivity contribution is 6.07. The van der Waals surface area contributed by atoms with Gasteiger partial charge in [-0.05, 0) is 24.3 Å². The maximum atomic E-state index is 12.2. The van der Waals surface area contributed by atoms with Crippen LogP contribution < -0.4 is 21.1 Å². The Morgan fingerprint density at radius 3 is 2.70 bits per heavy atom. The number of nitrogens with one attached hydrogen (secondary N) is 2. The maximum absolute atomic E-state index is 12.2. The Kier molecular flexibility index (Phi) is 5.65. The van der Waals surface area contributed by atoms with Gasteiger partial charge in [0, 0.05) is 31.4 Å². The number of rotatable bonds is 6. The number of benzene rings is 1. The molecule has 0 fully saturated rings. The van der Waals surface area contributed by atoms with Crippen LogP contribution in [0.25, 0.3) is 0 Å². The number of ether oxygens (including phenoxy) is 1. The lowest BCUT2D eigenvalue weighted by Gasteiger charge is -2.13. The zero-order valence-corrected chi connectivity index (χ0v) is 12.7. The molecule has 1 heterocycles. The number of aromatic nitrogens is 1. The lowest BCUT2D eigenvalue weighted by atomic mass is 10.2. The Balaban J connectivity index is 2.23. The van der Waals surface area contributed by atoms with Crippen molar-refractivity contribution in [3.05, 3.63) is 48.3 Å². The predicted molar refractivity (Wildman–Crippen MR) is 87.5 cm³/mol. The highest BCUT2D eigenvalue weighted by Crippen LogP contribution is 2.27. The van der Waals surface area contributed by atoms with Crippen LogP contribution >= 0.6 is 0 Å². The van der Waals surface area contributed by atoms with Crippen LogP contribution in [0.15, 0.2) is 42.7 Å². The van der Waals surface area contributed by atoms with Crippen LogP contribution in [0.5, 0.6) is 5.75 Å². The minimum absolute atomic E-state index is 0.188. The molecular weight excluding hydrogens is 296 g/mol. The van der Waals surface area contributed by atoms with Gasteiger partial charge in [-0.1, -0.05) is 0 Å². The molecule has 0 atom stereocenters. The summed E-state index contributed by atoms with van der Waals surface area (Å²) < 4.78 is 5.14. The summed E-state index contributed by atoms with van der Waals surface area (Å²) in [7, 11) is 1.52. The third-order valence-electron chi connectivity index (χ3n) is 3.04. The summed E-state index contributed by atoms with van der Waals surface area (Å²) in [6.45, 7) is 0.243. The highest BCUT2D eigenvalue weighted by atomic mass is 16.5. The van der Waals surface area contributed by atoms with Crippen molar-refractivity contribution < 1.29 is 14.3 Å². The van der Waals surface area contributed by atoms with Gasteiger partial charge in [-0.2, -0.15) is 0 Å². The standard InChI is InChI=1S/C16H18N4O3/c1-23-12-4-5-13(14(9-12)19-15(21)6-7-17)20-16(22)11-3-2-8-18-10-11/h2-5,8-10H,6-7,17H2,1H3,(H,19,21)(H,20,22). The maximum Gasteiger partial charge on any atom is 0.257 e. The summed E-state index contributed by atoms with van der Waals surface area (Å²) >= 11 is 0. The van der Waals surface area contributed by atoms with Crippen molar-refractivity contribution in [2.75, 3.05) is 24.3 Å². The molecule has 23 heavy (non-hydrogen) atoms. The summed E-state index contributed by atoms with van der Waals surface area (Å²) in [6, 6.07) is 8.31. The van der Waals surface area contributed by atoms with Gasteiger partial charge in [0.25, 0.3) is 5.91 Å². The molecule has 0 unspecified atom stereocenters. The second-order valence-corrected chi connectivity index (χ2v) is 4.69. The molecule has 2 rings (SSSR count). The third-order valence-corrected chi connectivity index (χ3v) is 3.04. The first kappa shape index (κ1) is 16.4. The van der Waals surface area contributed by atoms with Crippen molar-refractivity contribution >= 4 is 23.2 Å². The molecule has 0 bridgehead atoms. The fraction of sp³-hybridized carbons (Fsp3) is 0.188. The quantitative estimate of drug-likeness (QED) is 0.751. The number of carbonyl (C=O) groups excluding carboxylic acids is 2. The number of pyridine rings is 1. The molecule has 7 heteroatoms. The van der Waals surface area contributed by atoms with Crippen molar-refractivity contribution in [3.8, 4) is 5.75 Å². The molecule has 2 amide bonds. The van der Waals surface area contributed by atoms with E-state index in [1.165, 1.54) is 13.3 Å². The van der Waals surface area contributed by atoms with Gasteiger partial charge < -0.3 is 21.1 Å². The molecule has 0 aliphatic rings. The first-order valence-electron chi connectivity index (χ1n) is 7.03. The first-order valence-corrected chi connectivity index (χ1v) is 7.03. The average Bonchev–Trinajstić information content (AvgIpc) is 2.57. The van der Waals surface area contributed by atoms with Gasteiger partial charge in [-0.25, -0.2) is 0 Å². The van der Waals surface area contributed by atoms with Gasteiger partial charge in [0.05, 0.1) is 24.0 Å². The van der Waals surface area contributed by atoms with Crippen molar-refractivity contribution in [3.63, 3.8) is 0 Å². The van der Waals surface area contributed by atoms with Crippen LogP contribution in [0.3, 0.4) is 0 Å². The number of nitrogens with zero attached hydrogens (tertiary/aromatic N) is 1. The molecule has 0 aliphatic carbocycles. The van der Waals surface area contributed by atoms with E-state index in [1.807, 2.05) is 0 Å². The van der Waals surface area contributed by atoms with Crippen LogP contribution in [0.2, 0.25) is 0 Å². The zero-order chi connectivity index (χ0) is 16.7. The molecule has 0 saturated heterocycles. The van der Waals surface area contributed by atoms with Crippen LogP contribution in [-0.4, -0.2) is 30.5 Å². The van der Waals surface area contributed by atoms with Gasteiger partial charge in [-0.3, -0.25) is 14.6 Å². The Bertz CT molecular complexity index is 689. The van der Waals surface area contributed by atoms with E-state index in [-0.39, 0.29) is 24.8 Å². The Labute approximate surface area is 133 Å². The van der Waals surface area contributed by atoms with E-state index in [0.717, 1.165) is 0 Å². The minimum Gasteiger partial charge on any atom is -0.497 e. The summed E-state index contributed by atoms with van der Waals surface area (Å²) in [5.41, 5.74) is 6.70. The topological polar surface area (TPSA) is 106 Å². The molecule has 0 spiro atoms. The average molecular weight is 314 g/mol. The second-order valence-electron chi connectivity index (χ2n) is 4.69. The second kappa shape index (κ2) is 7.90. The van der Waals surface area contributed by atoms with E-state index < -0.39 is 0 Å². The van der Waals surface area contributed by atoms with Crippen LogP contribution in [0.1, 0.15) is 16.8 Å². The highest BCUT2D eigenvalue weighted by Gasteiger charge is 2.12. The monoisotopic (exact) mass is 314 g/mol. The van der Waals surface area contributed by atoms with Gasteiger partial charge >= 0.3 is 0 Å². The number of methoxy groups -OCH3 is 1. The van der Waals surface area contributed by atoms with E-state index in [9.17, 15) is 9.59 Å². The van der Waals surface area contributed by atoms with Gasteiger partial charge in [0.15, 0.2) is 0 Å². The van der Waals surface area contributed by atoms with E-state index >= 15 is 0 Å². The number of hydrogen-bond donors (Lipinski definition) is 3. The van der Waals surface area contributed by atoms with Crippen LogP contribution in [0.4, 0.5) is 11.4 Å². The molecule has 7 nitrogen and oxygen atoms in total. The lowest BCUT2D eigenvalue weighted by Crippen LogP contribution is -2.19. The molecule has 0 aliphatic heterocycles. The summed E-state index contributed by atoms with van der Waals surface area (Å²) in [5, 5.41) is 5.46. The van der Waals surface area contributed by atoms with Crippen LogP contribution in [0, 0.1) is 0 Å². The van der Waals surface area contributed by atoms with Gasteiger partial charge in [0.1, 0.15) is 5.75 Å². The molecule has 2 aromatic rings. The first-order chi connectivity index (χ1) is 11.1. The number of carbonyl (C=O) groups is 2. The zero-order valence-electron chi connectivity index (χ0n) is 12.7. The Hall–Kier alpha value is -2.93. The van der Waals surface area contributed by atoms with Crippen LogP contribution in [-0.2, 0) is 4.79 Å². The van der Waals surface area contributed by atoms with E-state index in [0.29, 0.717) is 22.7 Å². The molecule has 4 N–H and O–H groups in total. The fourth-order valence-corrected chi connectivity index (χ4v) is 1.90. The van der Waals surface area contributed by atoms with Crippen molar-refractivity contribution in [1.29, 1.82) is 0 Å². The molecule has 0 saturated carbocycles. The molecule has 120 valence electrons. The molecular formula is C16H18N4O3. The number of nitrogens with two attached hydrogens (primary N) is 1. The summed E-state index contributed by atoms with van der Waals surface area (Å²) in [6.07, 6.45) is 3.24. The number of amides is 2. The fourth-order valence-electron chi connectivity index (χ4n) is 1.90. The summed E-state index contributed by atoms with van der Waals surface area (Å²) in [4.78, 5) is 27.9. The molecule has 1 aromatic carbocycles. The normalized spacial score (nSPS) is 10.0. The number of hydrogen-bond acceptors (Lipinski definition) is 5. The van der Waals surface area contributed by atoms with Crippen molar-refractivity contribution in [1.82, 2.24) is 4.98 Å². The molecule has 1 aromatic heterocycles. The SMILES string of the molecule is COc1ccc(NC(=O)c2cccnc2)c(NC(=O)CCN)c1. The van der Waals surface area contributed by atoms with E-state index in [1.54, 1.807) is 36.5 Å². The lowest BCUT2D eigenvalue weighted by molar-refractivity contribution is -0.116. The Morgan fingerprint density at radius 1 is 1.22 bits per heavy atom. The minimum atomic E-state index is -0.322. The van der Waals surface area contributed by atoms with Crippen molar-refractivity contribution in [2.45, 2.75) is 6.42 Å². The number of anilines is 2. The predicted octanol–water partition coefficient (Wildman–Crippen LogP) is 1.63. The third kappa shape index (κ3) is 4.52. The van der Waals surface area contributed by atoms with Crippen molar-refractivity contribution in [2.24, 2.45) is 5.73 Å². The van der Waals surface area contributed by atoms with E-state index in [2.05, 4.69) is 15.6 Å². The van der Waals surface area contributed by atoms with Gasteiger partial charge in [-0.15, -0.1) is 0 Å². The summed E-state index contributed by atoms with van der Waals surface area (Å²) in [5.74, 6) is 0.00245. The molecule has 0 radical (unpaired) electrons. The smallest absolute Gasteiger partial charge is 0.257 e. The Morgan fingerprint density at radius 2 is 2.04 bits per heavy atom. The van der Waals surface area contributed by atoms with Gasteiger partial charge in [0.2, 0.25) is 5.91 Å². The largest absolute Gasteiger partial charge is 0.497 e.